The van der Waals surface area contributed by atoms with Gasteiger partial charge in [-0.3, -0.25) is 4.90 Å². The lowest BCUT2D eigenvalue weighted by Crippen LogP contribution is -2.63. The van der Waals surface area contributed by atoms with Crippen LogP contribution < -0.4 is 5.32 Å². The van der Waals surface area contributed by atoms with Gasteiger partial charge < -0.3 is 10.1 Å². The number of rotatable bonds is 1. The zero-order valence-corrected chi connectivity index (χ0v) is 7.92. The molecule has 0 amide bonds. The highest BCUT2D eigenvalue weighted by molar-refractivity contribution is 4.90. The van der Waals surface area contributed by atoms with Crippen molar-refractivity contribution in [1.29, 1.82) is 0 Å². The molecule has 1 N–H and O–H groups in total. The Labute approximate surface area is 74.1 Å². The van der Waals surface area contributed by atoms with E-state index in [0.29, 0.717) is 18.1 Å². The van der Waals surface area contributed by atoms with Crippen molar-refractivity contribution in [3.63, 3.8) is 0 Å². The van der Waals surface area contributed by atoms with Gasteiger partial charge in [-0.05, 0) is 13.8 Å². The van der Waals surface area contributed by atoms with Crippen LogP contribution in [0.3, 0.4) is 0 Å². The molecule has 2 rings (SSSR count). The molecular formula is C9H18N2O. The molecule has 0 spiro atoms. The van der Waals surface area contributed by atoms with E-state index in [0.717, 1.165) is 26.3 Å². The Balaban J connectivity index is 1.97. The van der Waals surface area contributed by atoms with Gasteiger partial charge in [0, 0.05) is 25.2 Å². The number of nitrogens with one attached hydrogen (secondary N) is 1. The summed E-state index contributed by atoms with van der Waals surface area (Å²) in [6.45, 7) is 8.72. The highest BCUT2D eigenvalue weighted by Gasteiger charge is 2.34. The van der Waals surface area contributed by atoms with Crippen LogP contribution in [0.15, 0.2) is 0 Å². The van der Waals surface area contributed by atoms with Crippen LogP contribution >= 0.6 is 0 Å². The first kappa shape index (κ1) is 8.48. The van der Waals surface area contributed by atoms with Gasteiger partial charge in [0.25, 0.3) is 0 Å². The predicted molar refractivity (Wildman–Crippen MR) is 48.2 cm³/mol. The van der Waals surface area contributed by atoms with Gasteiger partial charge in [0.2, 0.25) is 0 Å². The van der Waals surface area contributed by atoms with Crippen molar-refractivity contribution in [3.05, 3.63) is 0 Å². The molecule has 2 aliphatic rings. The SMILES string of the molecule is CC1CNC[C@@H](C)N1C1COC1. The van der Waals surface area contributed by atoms with Gasteiger partial charge in [-0.15, -0.1) is 0 Å². The largest absolute Gasteiger partial charge is 0.378 e. The monoisotopic (exact) mass is 170 g/mol. The standard InChI is InChI=1S/C9H18N2O/c1-7-3-10-4-8(2)11(7)9-5-12-6-9/h7-10H,3-6H2,1-2H3/t7-,8?/m1/s1. The Hall–Kier alpha value is -0.120. The lowest BCUT2D eigenvalue weighted by atomic mass is 10.0. The van der Waals surface area contributed by atoms with E-state index in [2.05, 4.69) is 24.1 Å². The van der Waals surface area contributed by atoms with Crippen molar-refractivity contribution in [2.45, 2.75) is 32.0 Å². The number of piperazine rings is 1. The van der Waals surface area contributed by atoms with Crippen LogP contribution in [0, 0.1) is 0 Å². The van der Waals surface area contributed by atoms with E-state index in [1.807, 2.05) is 0 Å². The lowest BCUT2D eigenvalue weighted by Gasteiger charge is -2.47. The minimum absolute atomic E-state index is 0.669. The molecule has 3 nitrogen and oxygen atoms in total. The van der Waals surface area contributed by atoms with Crippen LogP contribution in [0.2, 0.25) is 0 Å². The number of hydrogen-bond acceptors (Lipinski definition) is 3. The van der Waals surface area contributed by atoms with Crippen molar-refractivity contribution in [2.75, 3.05) is 26.3 Å². The second-order valence-electron chi connectivity index (χ2n) is 3.99. The maximum Gasteiger partial charge on any atom is 0.0645 e. The summed E-state index contributed by atoms with van der Waals surface area (Å²) < 4.78 is 5.22. The lowest BCUT2D eigenvalue weighted by molar-refractivity contribution is -0.0969. The summed E-state index contributed by atoms with van der Waals surface area (Å²) in [5.41, 5.74) is 0. The van der Waals surface area contributed by atoms with Gasteiger partial charge in [-0.1, -0.05) is 0 Å². The molecule has 2 atom stereocenters. The maximum absolute atomic E-state index is 5.22. The molecular weight excluding hydrogens is 152 g/mol. The second-order valence-corrected chi connectivity index (χ2v) is 3.99. The number of nitrogens with zero attached hydrogens (tertiary/aromatic N) is 1. The summed E-state index contributed by atoms with van der Waals surface area (Å²) >= 11 is 0. The number of hydrogen-bond donors (Lipinski definition) is 1. The van der Waals surface area contributed by atoms with E-state index in [1.54, 1.807) is 0 Å². The zero-order valence-electron chi connectivity index (χ0n) is 7.92. The van der Waals surface area contributed by atoms with Crippen LogP contribution in [-0.4, -0.2) is 49.3 Å². The molecule has 0 aliphatic carbocycles. The highest BCUT2D eigenvalue weighted by Crippen LogP contribution is 2.19. The fourth-order valence-corrected chi connectivity index (χ4v) is 2.26. The van der Waals surface area contributed by atoms with E-state index in [9.17, 15) is 0 Å². The Bertz CT molecular complexity index is 146. The molecule has 0 aromatic carbocycles. The number of ether oxygens (including phenoxy) is 1. The summed E-state index contributed by atoms with van der Waals surface area (Å²) in [7, 11) is 0. The summed E-state index contributed by atoms with van der Waals surface area (Å²) in [6.07, 6.45) is 0. The highest BCUT2D eigenvalue weighted by atomic mass is 16.5. The molecule has 0 saturated carbocycles. The average Bonchev–Trinajstić information content (AvgIpc) is 1.93. The van der Waals surface area contributed by atoms with Crippen LogP contribution in [0.5, 0.6) is 0 Å². The Morgan fingerprint density at radius 2 is 1.75 bits per heavy atom. The van der Waals surface area contributed by atoms with Gasteiger partial charge >= 0.3 is 0 Å². The minimum atomic E-state index is 0.669. The van der Waals surface area contributed by atoms with Crippen molar-refractivity contribution in [3.8, 4) is 0 Å². The summed E-state index contributed by atoms with van der Waals surface area (Å²) in [5.74, 6) is 0. The van der Waals surface area contributed by atoms with E-state index < -0.39 is 0 Å². The third-order valence-corrected chi connectivity index (χ3v) is 2.94. The van der Waals surface area contributed by atoms with Gasteiger partial charge in [0.15, 0.2) is 0 Å². The quantitative estimate of drug-likeness (QED) is 0.602. The molecule has 12 heavy (non-hydrogen) atoms. The maximum atomic E-state index is 5.22. The first-order valence-electron chi connectivity index (χ1n) is 4.85. The van der Waals surface area contributed by atoms with Gasteiger partial charge in [0.05, 0.1) is 19.3 Å². The molecule has 0 bridgehead atoms. The third kappa shape index (κ3) is 1.37. The molecule has 1 unspecified atom stereocenters. The Morgan fingerprint density at radius 3 is 2.17 bits per heavy atom. The smallest absolute Gasteiger partial charge is 0.0645 e. The topological polar surface area (TPSA) is 24.5 Å². The van der Waals surface area contributed by atoms with Crippen LogP contribution in [0.25, 0.3) is 0 Å². The van der Waals surface area contributed by atoms with Crippen LogP contribution in [0.1, 0.15) is 13.8 Å². The minimum Gasteiger partial charge on any atom is -0.378 e. The fourth-order valence-electron chi connectivity index (χ4n) is 2.26. The normalized spacial score (nSPS) is 39.5. The van der Waals surface area contributed by atoms with Crippen molar-refractivity contribution >= 4 is 0 Å². The molecule has 3 heteroatoms. The van der Waals surface area contributed by atoms with E-state index in [-0.39, 0.29) is 0 Å². The van der Waals surface area contributed by atoms with Crippen molar-refractivity contribution in [2.24, 2.45) is 0 Å². The van der Waals surface area contributed by atoms with Crippen LogP contribution in [0.4, 0.5) is 0 Å². The van der Waals surface area contributed by atoms with Crippen molar-refractivity contribution in [1.82, 2.24) is 10.2 Å². The van der Waals surface area contributed by atoms with Gasteiger partial charge in [-0.2, -0.15) is 0 Å². The molecule has 0 aromatic heterocycles. The molecule has 70 valence electrons. The Kier molecular flexibility index (Phi) is 2.35. The first-order chi connectivity index (χ1) is 5.79. The van der Waals surface area contributed by atoms with E-state index in [4.69, 9.17) is 4.74 Å². The summed E-state index contributed by atoms with van der Waals surface area (Å²) in [4.78, 5) is 2.60. The molecule has 0 aromatic rings. The summed E-state index contributed by atoms with van der Waals surface area (Å²) in [6, 6.07) is 2.03. The predicted octanol–water partition coefficient (Wildman–Crippen LogP) is 0.0674. The molecule has 2 saturated heterocycles. The fraction of sp³-hybridized carbons (Fsp3) is 1.00. The van der Waals surface area contributed by atoms with Gasteiger partial charge in [0.1, 0.15) is 0 Å². The molecule has 2 aliphatic heterocycles. The molecule has 2 fully saturated rings. The second kappa shape index (κ2) is 3.32. The average molecular weight is 170 g/mol. The molecule has 2 heterocycles. The van der Waals surface area contributed by atoms with Gasteiger partial charge in [-0.25, -0.2) is 0 Å². The first-order valence-corrected chi connectivity index (χ1v) is 4.85. The molecule has 0 radical (unpaired) electrons. The van der Waals surface area contributed by atoms with E-state index >= 15 is 0 Å². The van der Waals surface area contributed by atoms with Crippen molar-refractivity contribution < 1.29 is 4.74 Å². The zero-order chi connectivity index (χ0) is 8.55. The summed E-state index contributed by atoms with van der Waals surface area (Å²) in [5, 5.41) is 3.43. The van der Waals surface area contributed by atoms with E-state index in [1.165, 1.54) is 0 Å². The van der Waals surface area contributed by atoms with Crippen LogP contribution in [-0.2, 0) is 4.74 Å². The third-order valence-electron chi connectivity index (χ3n) is 2.94. The Morgan fingerprint density at radius 1 is 1.17 bits per heavy atom.